The van der Waals surface area contributed by atoms with Crippen molar-refractivity contribution < 1.29 is 17.7 Å². The minimum atomic E-state index is -3.24. The molecule has 134 valence electrons. The van der Waals surface area contributed by atoms with Crippen molar-refractivity contribution in [3.05, 3.63) is 36.0 Å². The Bertz CT molecular complexity index is 861. The van der Waals surface area contributed by atoms with Crippen LogP contribution >= 0.6 is 0 Å². The van der Waals surface area contributed by atoms with Gasteiger partial charge in [-0.2, -0.15) is 0 Å². The zero-order chi connectivity index (χ0) is 18.2. The van der Waals surface area contributed by atoms with E-state index in [0.29, 0.717) is 23.2 Å². The van der Waals surface area contributed by atoms with E-state index in [2.05, 4.69) is 19.0 Å². The maximum absolute atomic E-state index is 12.6. The van der Waals surface area contributed by atoms with Gasteiger partial charge in [0.25, 0.3) is 5.91 Å². The summed E-state index contributed by atoms with van der Waals surface area (Å²) in [6, 6.07) is 7.94. The summed E-state index contributed by atoms with van der Waals surface area (Å²) in [4.78, 5) is 14.7. The molecule has 0 radical (unpaired) electrons. The van der Waals surface area contributed by atoms with Gasteiger partial charge in [-0.25, -0.2) is 8.42 Å². The van der Waals surface area contributed by atoms with Gasteiger partial charge in [-0.1, -0.05) is 19.0 Å². The molecule has 7 heteroatoms. The molecule has 0 saturated carbocycles. The first-order valence-electron chi connectivity index (χ1n) is 8.30. The van der Waals surface area contributed by atoms with Crippen LogP contribution in [0.15, 0.2) is 39.8 Å². The van der Waals surface area contributed by atoms with Crippen molar-refractivity contribution >= 4 is 15.7 Å². The van der Waals surface area contributed by atoms with Gasteiger partial charge in [0, 0.05) is 31.0 Å². The zero-order valence-corrected chi connectivity index (χ0v) is 15.4. The highest BCUT2D eigenvalue weighted by atomic mass is 32.2. The minimum Gasteiger partial charge on any atom is -0.355 e. The second-order valence-electron chi connectivity index (χ2n) is 7.03. The highest BCUT2D eigenvalue weighted by molar-refractivity contribution is 7.90. The molecule has 0 aliphatic carbocycles. The standard InChI is InChI=1S/C18H22N2O4S/c1-12-8-13(2)11-20(10-12)18(21)16-9-17(24-19-16)14-4-6-15(7-5-14)25(3,22)23/h4-7,9,12-13H,8,10-11H2,1-3H3. The van der Waals surface area contributed by atoms with Crippen LogP contribution in [0.2, 0.25) is 0 Å². The third-order valence-electron chi connectivity index (χ3n) is 4.45. The fourth-order valence-electron chi connectivity index (χ4n) is 3.37. The predicted molar refractivity (Wildman–Crippen MR) is 93.9 cm³/mol. The number of aromatic nitrogens is 1. The fourth-order valence-corrected chi connectivity index (χ4v) is 4.00. The number of nitrogens with zero attached hydrogens (tertiary/aromatic N) is 2. The highest BCUT2D eigenvalue weighted by Crippen LogP contribution is 2.25. The van der Waals surface area contributed by atoms with Gasteiger partial charge in [-0.05, 0) is 42.5 Å². The Balaban J connectivity index is 1.79. The second-order valence-corrected chi connectivity index (χ2v) is 9.04. The number of hydrogen-bond donors (Lipinski definition) is 0. The molecule has 2 unspecified atom stereocenters. The van der Waals surface area contributed by atoms with E-state index in [-0.39, 0.29) is 16.5 Å². The second kappa shape index (κ2) is 6.63. The van der Waals surface area contributed by atoms with Gasteiger partial charge in [0.1, 0.15) is 0 Å². The summed E-state index contributed by atoms with van der Waals surface area (Å²) in [6.45, 7) is 5.75. The van der Waals surface area contributed by atoms with Crippen molar-refractivity contribution in [2.24, 2.45) is 11.8 Å². The van der Waals surface area contributed by atoms with E-state index in [1.807, 2.05) is 4.90 Å². The summed E-state index contributed by atoms with van der Waals surface area (Å²) in [5, 5.41) is 3.90. The van der Waals surface area contributed by atoms with Crippen LogP contribution in [-0.4, -0.2) is 43.7 Å². The molecular weight excluding hydrogens is 340 g/mol. The van der Waals surface area contributed by atoms with Crippen molar-refractivity contribution in [2.45, 2.75) is 25.2 Å². The number of amides is 1. The van der Waals surface area contributed by atoms with Crippen LogP contribution in [0, 0.1) is 11.8 Å². The van der Waals surface area contributed by atoms with E-state index < -0.39 is 9.84 Å². The lowest BCUT2D eigenvalue weighted by atomic mass is 9.92. The van der Waals surface area contributed by atoms with Crippen molar-refractivity contribution in [1.82, 2.24) is 10.1 Å². The van der Waals surface area contributed by atoms with E-state index >= 15 is 0 Å². The number of benzene rings is 1. The lowest BCUT2D eigenvalue weighted by Crippen LogP contribution is -2.42. The van der Waals surface area contributed by atoms with Gasteiger partial charge in [0.15, 0.2) is 21.3 Å². The van der Waals surface area contributed by atoms with Crippen molar-refractivity contribution in [1.29, 1.82) is 0 Å². The van der Waals surface area contributed by atoms with Crippen molar-refractivity contribution in [3.8, 4) is 11.3 Å². The van der Waals surface area contributed by atoms with E-state index in [0.717, 1.165) is 25.8 Å². The Morgan fingerprint density at radius 2 is 1.76 bits per heavy atom. The Morgan fingerprint density at radius 1 is 1.16 bits per heavy atom. The van der Waals surface area contributed by atoms with Crippen LogP contribution in [0.4, 0.5) is 0 Å². The molecule has 0 spiro atoms. The van der Waals surface area contributed by atoms with Crippen LogP contribution in [0.5, 0.6) is 0 Å². The van der Waals surface area contributed by atoms with Crippen LogP contribution in [0.3, 0.4) is 0 Å². The predicted octanol–water partition coefficient (Wildman–Crippen LogP) is 2.86. The van der Waals surface area contributed by atoms with Gasteiger partial charge >= 0.3 is 0 Å². The number of piperidine rings is 1. The van der Waals surface area contributed by atoms with Crippen LogP contribution in [0.1, 0.15) is 30.8 Å². The Morgan fingerprint density at radius 3 is 2.32 bits per heavy atom. The lowest BCUT2D eigenvalue weighted by Gasteiger charge is -2.34. The SMILES string of the molecule is CC1CC(C)CN(C(=O)c2cc(-c3ccc(S(C)(=O)=O)cc3)on2)C1. The summed E-state index contributed by atoms with van der Waals surface area (Å²) in [5.41, 5.74) is 0.961. The molecule has 2 heterocycles. The fraction of sp³-hybridized carbons (Fsp3) is 0.444. The van der Waals surface area contributed by atoms with Gasteiger partial charge < -0.3 is 9.42 Å². The summed E-state index contributed by atoms with van der Waals surface area (Å²) in [7, 11) is -3.24. The normalized spacial score (nSPS) is 21.3. The summed E-state index contributed by atoms with van der Waals surface area (Å²) >= 11 is 0. The molecule has 1 saturated heterocycles. The molecule has 0 bridgehead atoms. The van der Waals surface area contributed by atoms with Gasteiger partial charge in [-0.15, -0.1) is 0 Å². The first kappa shape index (κ1) is 17.7. The molecule has 3 rings (SSSR count). The minimum absolute atomic E-state index is 0.124. The van der Waals surface area contributed by atoms with E-state index in [1.165, 1.54) is 12.1 Å². The monoisotopic (exact) mass is 362 g/mol. The number of sulfone groups is 1. The molecule has 6 nitrogen and oxygen atoms in total. The Kier molecular flexibility index (Phi) is 4.69. The first-order valence-corrected chi connectivity index (χ1v) is 10.2. The molecule has 1 aliphatic heterocycles. The van der Waals surface area contributed by atoms with Gasteiger partial charge in [-0.3, -0.25) is 4.79 Å². The van der Waals surface area contributed by atoms with Crippen LogP contribution < -0.4 is 0 Å². The van der Waals surface area contributed by atoms with E-state index in [9.17, 15) is 13.2 Å². The third-order valence-corrected chi connectivity index (χ3v) is 5.58. The van der Waals surface area contributed by atoms with Crippen molar-refractivity contribution in [2.75, 3.05) is 19.3 Å². The topological polar surface area (TPSA) is 80.5 Å². The third kappa shape index (κ3) is 3.92. The Hall–Kier alpha value is -2.15. The first-order chi connectivity index (χ1) is 11.7. The van der Waals surface area contributed by atoms with Crippen molar-refractivity contribution in [3.63, 3.8) is 0 Å². The maximum atomic E-state index is 12.6. The lowest BCUT2D eigenvalue weighted by molar-refractivity contribution is 0.0613. The van der Waals surface area contributed by atoms with Gasteiger partial charge in [0.2, 0.25) is 0 Å². The smallest absolute Gasteiger partial charge is 0.276 e. The van der Waals surface area contributed by atoms with Crippen LogP contribution in [-0.2, 0) is 9.84 Å². The zero-order valence-electron chi connectivity index (χ0n) is 14.6. The largest absolute Gasteiger partial charge is 0.355 e. The number of likely N-dealkylation sites (tertiary alicyclic amines) is 1. The summed E-state index contributed by atoms with van der Waals surface area (Å²) in [6.07, 6.45) is 2.29. The van der Waals surface area contributed by atoms with Crippen LogP contribution in [0.25, 0.3) is 11.3 Å². The average molecular weight is 362 g/mol. The van der Waals surface area contributed by atoms with E-state index in [4.69, 9.17) is 4.52 Å². The number of rotatable bonds is 3. The van der Waals surface area contributed by atoms with E-state index in [1.54, 1.807) is 18.2 Å². The molecule has 2 atom stereocenters. The average Bonchev–Trinajstić information content (AvgIpc) is 3.02. The summed E-state index contributed by atoms with van der Waals surface area (Å²) < 4.78 is 28.3. The quantitative estimate of drug-likeness (QED) is 0.839. The molecule has 0 N–H and O–H groups in total. The molecule has 1 aromatic carbocycles. The molecule has 1 aliphatic rings. The highest BCUT2D eigenvalue weighted by Gasteiger charge is 2.28. The summed E-state index contributed by atoms with van der Waals surface area (Å²) in [5.74, 6) is 1.27. The number of carbonyl (C=O) groups excluding carboxylic acids is 1. The maximum Gasteiger partial charge on any atom is 0.276 e. The number of carbonyl (C=O) groups is 1. The molecular formula is C18H22N2O4S. The Labute approximate surface area is 147 Å². The van der Waals surface area contributed by atoms with Gasteiger partial charge in [0.05, 0.1) is 4.90 Å². The molecule has 1 aromatic heterocycles. The molecule has 1 fully saturated rings. The molecule has 2 aromatic rings. The molecule has 1 amide bonds. The molecule has 25 heavy (non-hydrogen) atoms. The number of hydrogen-bond acceptors (Lipinski definition) is 5.